The highest BCUT2D eigenvalue weighted by Gasteiger charge is 2.39. The van der Waals surface area contributed by atoms with Gasteiger partial charge in [0, 0.05) is 90.0 Å². The van der Waals surface area contributed by atoms with E-state index in [9.17, 15) is 0 Å². The third kappa shape index (κ3) is 16.5. The number of nitrogens with zero attached hydrogens (tertiary/aromatic N) is 5. The molecule has 0 atom stereocenters. The maximum Gasteiger partial charge on any atom is 0.220 e. The monoisotopic (exact) mass is 1830 g/mol. The van der Waals surface area contributed by atoms with Crippen molar-refractivity contribution in [3.05, 3.63) is 395 Å². The molecule has 6 heterocycles. The maximum absolute atomic E-state index is 8.27. The quantitative estimate of drug-likeness (QED) is 0.0810. The normalized spacial score (nSPS) is 12.8. The predicted molar refractivity (Wildman–Crippen MR) is 589 cm³/mol. The van der Waals surface area contributed by atoms with E-state index < -0.39 is 32.3 Å². The number of aryl methyl sites for hydroxylation is 7. The number of hydrogen-bond donors (Lipinski definition) is 0. The lowest BCUT2D eigenvalue weighted by molar-refractivity contribution is -0.665. The molecule has 1 aliphatic rings. The summed E-state index contributed by atoms with van der Waals surface area (Å²) in [5.74, 6) is 0. The van der Waals surface area contributed by atoms with Crippen molar-refractivity contribution in [1.29, 1.82) is 0 Å². The maximum atomic E-state index is 8.27. The topological polar surface area (TPSA) is 20.4 Å². The molecule has 1 aliphatic carbocycles. The van der Waals surface area contributed by atoms with E-state index >= 15 is 0 Å². The standard InChI is InChI=1S/C35H37N2Si.C35H36NSi.C28H28NSSi.C26H28NSi/c1-23(2)37-33-16-12-11-15-30(33)32-19-24(3)31(22-34(32)37)35-29-18-17-28(21-26(29)20-25(4)36(35)5)38(6,7)27-13-9-8-10-14-27;1-23-19-31-29-15-11-12-16-32(29)35(3,4)33(31)22-30(23)34-28-18-17-27(21-25(28)20-24(2)36(34)5)37(6,7)26-13-9-8-10-14-26;1-19-15-21-13-14-30-27(21)18-26(19)28-25-12-11-24(17-22(25)16-20(2)29(28)3)31(4,5)23-9-7-6-8-10-23;1-19-11-9-10-14-24(19)26-25-16-15-23(18-21(25)17-20(2)27(26)3)28(4,5)22-12-7-6-8-13-22/h8-23H,1-7H3;8-22H,1-7H3;6-18H,1-5H3;6-18H,1-5H3/q4*+1/i;;;10D,11D. The van der Waals surface area contributed by atoms with Gasteiger partial charge < -0.3 is 4.57 Å². The number of benzene rings is 14. The van der Waals surface area contributed by atoms with Gasteiger partial charge >= 0.3 is 0 Å². The van der Waals surface area contributed by atoms with Crippen molar-refractivity contribution >= 4 is 160 Å². The first-order valence-corrected chi connectivity index (χ1v) is 60.6. The Balaban J connectivity index is 0.000000121. The lowest BCUT2D eigenvalue weighted by Gasteiger charge is -2.24. The summed E-state index contributed by atoms with van der Waals surface area (Å²) in [5.41, 5.74) is 28.1. The summed E-state index contributed by atoms with van der Waals surface area (Å²) in [6, 6.07) is 121. The Morgan fingerprint density at radius 1 is 0.284 bits per heavy atom. The molecule has 134 heavy (non-hydrogen) atoms. The number of aromatic nitrogens is 5. The summed E-state index contributed by atoms with van der Waals surface area (Å²) in [4.78, 5) is 0. The number of para-hydroxylation sites is 1. The van der Waals surface area contributed by atoms with Crippen LogP contribution in [0.4, 0.5) is 0 Å². The van der Waals surface area contributed by atoms with Gasteiger partial charge in [-0.3, -0.25) is 0 Å². The van der Waals surface area contributed by atoms with Crippen LogP contribution in [0.1, 0.15) is 92.6 Å². The molecule has 0 unspecified atom stereocenters. The van der Waals surface area contributed by atoms with Gasteiger partial charge in [-0.05, 0) is 191 Å². The number of fused-ring (bicyclic) bond motifs is 11. The molecular formula is C124H129N5SSi4+4. The van der Waals surface area contributed by atoms with Crippen molar-refractivity contribution in [2.45, 2.75) is 147 Å². The number of thiophene rings is 1. The van der Waals surface area contributed by atoms with Gasteiger partial charge in [0.1, 0.15) is 60.5 Å². The molecule has 5 nitrogen and oxygen atoms in total. The van der Waals surface area contributed by atoms with E-state index in [0.717, 1.165) is 27.9 Å². The Morgan fingerprint density at radius 3 is 1.07 bits per heavy atom. The Hall–Kier alpha value is -12.7. The third-order valence-electron chi connectivity index (χ3n) is 30.3. The lowest BCUT2D eigenvalue weighted by Crippen LogP contribution is -2.52. The van der Waals surface area contributed by atoms with E-state index in [2.05, 4.69) is 494 Å². The van der Waals surface area contributed by atoms with Crippen LogP contribution in [0.3, 0.4) is 0 Å². The molecule has 20 aromatic rings. The van der Waals surface area contributed by atoms with Gasteiger partial charge in [-0.1, -0.05) is 344 Å². The highest BCUT2D eigenvalue weighted by molar-refractivity contribution is 7.17. The largest absolute Gasteiger partial charge is 0.338 e. The SMILES string of the molecule is Cc1cc2c(cc1-c1c3ccc([Si](C)(C)c4ccccc4)cc3cc(C)[n+]1C)C(C)(C)c1ccccc1-2.Cc1cc2c3ccccc3n(C(C)C)c2cc1-c1c2ccc([Si](C)(C)c3ccccc3)cc2cc(C)[n+]1C.Cc1cc2ccsc2cc1-c1c2ccc([Si](C)(C)c3ccccc3)cc2cc(C)[n+]1C.[2H]c1cc([2H])c(C)c(-c2c3ccc([Si](C)(C)c4ccccc4)cc3cc(C)[n+]2C)c1. The van der Waals surface area contributed by atoms with E-state index in [1.807, 2.05) is 24.3 Å². The van der Waals surface area contributed by atoms with E-state index in [-0.39, 0.29) is 5.41 Å². The molecule has 0 spiro atoms. The van der Waals surface area contributed by atoms with Crippen molar-refractivity contribution in [3.8, 4) is 56.2 Å². The van der Waals surface area contributed by atoms with Gasteiger partial charge in [0.05, 0.1) is 46.5 Å². The summed E-state index contributed by atoms with van der Waals surface area (Å²) >= 11 is 1.82. The fourth-order valence-electron chi connectivity index (χ4n) is 21.4. The molecule has 10 heteroatoms. The molecule has 668 valence electrons. The summed E-state index contributed by atoms with van der Waals surface area (Å²) in [6.45, 7) is 46.4. The van der Waals surface area contributed by atoms with Crippen LogP contribution in [0.5, 0.6) is 0 Å². The fourth-order valence-corrected chi connectivity index (χ4v) is 31.7. The number of hydrogen-bond acceptors (Lipinski definition) is 1. The van der Waals surface area contributed by atoms with Crippen molar-refractivity contribution in [2.24, 2.45) is 28.2 Å². The molecule has 0 N–H and O–H groups in total. The second-order valence-corrected chi connectivity index (χ2v) is 59.3. The van der Waals surface area contributed by atoms with E-state index in [1.54, 1.807) is 6.07 Å². The van der Waals surface area contributed by atoms with Gasteiger partial charge in [0.2, 0.25) is 22.8 Å². The van der Waals surface area contributed by atoms with Gasteiger partial charge in [-0.2, -0.15) is 18.3 Å². The van der Waals surface area contributed by atoms with Gasteiger partial charge in [-0.25, -0.2) is 0 Å². The smallest absolute Gasteiger partial charge is 0.220 e. The van der Waals surface area contributed by atoms with Crippen LogP contribution in [0.2, 0.25) is 52.4 Å². The summed E-state index contributed by atoms with van der Waals surface area (Å²) in [6.07, 6.45) is 0. The highest BCUT2D eigenvalue weighted by Crippen LogP contribution is 2.51. The van der Waals surface area contributed by atoms with Crippen LogP contribution >= 0.6 is 11.3 Å². The minimum absolute atomic E-state index is 0.00888. The molecule has 14 aromatic carbocycles. The van der Waals surface area contributed by atoms with Gasteiger partial charge in [0.15, 0.2) is 22.8 Å². The molecular weight excluding hydrogens is 1700 g/mol. The van der Waals surface area contributed by atoms with Crippen molar-refractivity contribution < 1.29 is 21.0 Å². The summed E-state index contributed by atoms with van der Waals surface area (Å²) < 4.78 is 29.5. The van der Waals surface area contributed by atoms with Crippen LogP contribution in [0.15, 0.2) is 339 Å². The second kappa shape index (κ2) is 36.0. The summed E-state index contributed by atoms with van der Waals surface area (Å²) in [7, 11) is 1.57. The Morgan fingerprint density at radius 2 is 0.649 bits per heavy atom. The predicted octanol–water partition coefficient (Wildman–Crippen LogP) is 25.3. The summed E-state index contributed by atoms with van der Waals surface area (Å²) in [5, 5.41) is 28.3. The number of pyridine rings is 4. The molecule has 6 aromatic heterocycles. The van der Waals surface area contributed by atoms with Crippen molar-refractivity contribution in [1.82, 2.24) is 4.57 Å². The first-order chi connectivity index (χ1) is 64.8. The molecule has 0 saturated heterocycles. The molecule has 0 saturated carbocycles. The minimum atomic E-state index is -1.80. The second-order valence-electron chi connectivity index (χ2n) is 40.8. The zero-order chi connectivity index (χ0) is 96.3. The first-order valence-electron chi connectivity index (χ1n) is 48.7. The zero-order valence-electron chi connectivity index (χ0n) is 84.9. The molecule has 0 aliphatic heterocycles. The average Bonchev–Trinajstić information content (AvgIpc) is 1.62. The Kier molecular flexibility index (Phi) is 23.9. The molecule has 0 amide bonds. The highest BCUT2D eigenvalue weighted by atomic mass is 32.1. The molecule has 0 radical (unpaired) electrons. The molecule has 0 bridgehead atoms. The Bertz CT molecular complexity index is 8130. The van der Waals surface area contributed by atoms with Gasteiger partial charge in [-0.15, -0.1) is 11.3 Å². The van der Waals surface area contributed by atoms with Crippen LogP contribution in [0, 0.1) is 55.4 Å². The molecule has 21 rings (SSSR count). The minimum Gasteiger partial charge on any atom is -0.338 e. The lowest BCUT2D eigenvalue weighted by atomic mass is 9.81. The van der Waals surface area contributed by atoms with E-state index in [0.29, 0.717) is 18.1 Å². The molecule has 0 fully saturated rings. The van der Waals surface area contributed by atoms with Crippen molar-refractivity contribution in [3.63, 3.8) is 0 Å². The third-order valence-corrected chi connectivity index (χ3v) is 45.3. The number of rotatable bonds is 13. The first kappa shape index (κ1) is 89.2. The van der Waals surface area contributed by atoms with Crippen molar-refractivity contribution in [2.75, 3.05) is 0 Å². The van der Waals surface area contributed by atoms with E-state index in [1.165, 1.54) is 201 Å². The zero-order valence-corrected chi connectivity index (χ0v) is 87.7. The Labute approximate surface area is 806 Å². The van der Waals surface area contributed by atoms with Gasteiger partial charge in [0.25, 0.3) is 0 Å². The van der Waals surface area contributed by atoms with Crippen LogP contribution in [-0.2, 0) is 33.6 Å². The van der Waals surface area contributed by atoms with E-state index in [4.69, 9.17) is 2.74 Å². The van der Waals surface area contributed by atoms with Crippen LogP contribution in [0.25, 0.3) is 131 Å². The fraction of sp³-hybridized carbons (Fsp3) is 0.210. The van der Waals surface area contributed by atoms with Crippen LogP contribution in [-0.4, -0.2) is 36.9 Å². The van der Waals surface area contributed by atoms with Crippen LogP contribution < -0.4 is 59.8 Å². The average molecular weight is 1840 g/mol.